The number of carbonyl (C=O) groups is 1. The number of ether oxygens (including phenoxy) is 6. The number of likely N-dealkylation sites (N-methyl/N-ethyl adjacent to an activating group) is 1. The summed E-state index contributed by atoms with van der Waals surface area (Å²) in [7, 11) is 7.17. The number of aliphatic hydroxyl groups excluding tert-OH is 3. The molecule has 3 aliphatic heterocycles. The lowest BCUT2D eigenvalue weighted by Crippen LogP contribution is -2.60. The lowest BCUT2D eigenvalue weighted by molar-refractivity contribution is -0.318. The molecule has 3 rings (SSSR count). The summed E-state index contributed by atoms with van der Waals surface area (Å²) < 4.78 is 37.5. The number of hydrogen-bond acceptors (Lipinski definition) is 14. The van der Waals surface area contributed by atoms with E-state index < -0.39 is 95.8 Å². The Morgan fingerprint density at radius 1 is 0.942 bits per heavy atom. The third-order valence-corrected chi connectivity index (χ3v) is 12.3. The highest BCUT2D eigenvalue weighted by atomic mass is 16.7. The second kappa shape index (κ2) is 17.8. The van der Waals surface area contributed by atoms with Gasteiger partial charge >= 0.3 is 5.97 Å². The van der Waals surface area contributed by atoms with Crippen LogP contribution in [-0.2, 0) is 33.2 Å². The summed E-state index contributed by atoms with van der Waals surface area (Å²) in [6, 6.07) is -0.518. The van der Waals surface area contributed by atoms with E-state index in [2.05, 4.69) is 0 Å². The van der Waals surface area contributed by atoms with Crippen LogP contribution >= 0.6 is 0 Å². The van der Waals surface area contributed by atoms with Gasteiger partial charge in [-0.05, 0) is 94.8 Å². The van der Waals surface area contributed by atoms with Gasteiger partial charge in [0.05, 0.1) is 47.6 Å². The van der Waals surface area contributed by atoms with Crippen LogP contribution in [0.1, 0.15) is 94.9 Å². The summed E-state index contributed by atoms with van der Waals surface area (Å²) in [6.45, 7) is 18.0. The monoisotopic (exact) mass is 749 g/mol. The molecule has 0 bridgehead atoms. The Balaban J connectivity index is 2.18. The molecule has 14 heteroatoms. The van der Waals surface area contributed by atoms with Crippen molar-refractivity contribution in [1.29, 1.82) is 0 Å². The first-order chi connectivity index (χ1) is 23.9. The second-order valence-electron chi connectivity index (χ2n) is 17.1. The van der Waals surface area contributed by atoms with Crippen molar-refractivity contribution in [2.45, 2.75) is 185 Å². The first-order valence-electron chi connectivity index (χ1n) is 19.1. The van der Waals surface area contributed by atoms with Crippen LogP contribution in [0.3, 0.4) is 0 Å². The van der Waals surface area contributed by atoms with Crippen molar-refractivity contribution in [2.75, 3.05) is 34.8 Å². The fourth-order valence-electron chi connectivity index (χ4n) is 8.64. The highest BCUT2D eigenvalue weighted by molar-refractivity contribution is 5.73. The van der Waals surface area contributed by atoms with Crippen molar-refractivity contribution >= 4 is 5.97 Å². The average Bonchev–Trinajstić information content (AvgIpc) is 3.06. The number of methoxy groups -OCH3 is 1. The minimum Gasteiger partial charge on any atom is -0.459 e. The van der Waals surface area contributed by atoms with Gasteiger partial charge in [0.1, 0.15) is 23.9 Å². The molecule has 0 aromatic rings. The maximum absolute atomic E-state index is 14.2. The Morgan fingerprint density at radius 2 is 1.56 bits per heavy atom. The van der Waals surface area contributed by atoms with E-state index in [0.717, 1.165) is 0 Å². The highest BCUT2D eigenvalue weighted by Crippen LogP contribution is 2.40. The Morgan fingerprint density at radius 3 is 2.12 bits per heavy atom. The quantitative estimate of drug-likeness (QED) is 0.238. The molecule has 14 nitrogen and oxygen atoms in total. The van der Waals surface area contributed by atoms with E-state index in [1.807, 2.05) is 58.6 Å². The van der Waals surface area contributed by atoms with Gasteiger partial charge in [-0.3, -0.25) is 4.79 Å². The number of esters is 1. The molecule has 0 amide bonds. The van der Waals surface area contributed by atoms with Gasteiger partial charge in [0, 0.05) is 38.1 Å². The van der Waals surface area contributed by atoms with Gasteiger partial charge in [0.15, 0.2) is 12.6 Å². The normalized spacial score (nSPS) is 49.6. The molecule has 18 atom stereocenters. The Bertz CT molecular complexity index is 1140. The van der Waals surface area contributed by atoms with Crippen LogP contribution in [0.25, 0.3) is 0 Å². The Hall–Kier alpha value is -1.01. The summed E-state index contributed by atoms with van der Waals surface area (Å²) in [6.07, 6.45) is -8.20. The number of cyclic esters (lactones) is 1. The molecule has 52 heavy (non-hydrogen) atoms. The van der Waals surface area contributed by atoms with E-state index in [1.54, 1.807) is 34.6 Å². The van der Waals surface area contributed by atoms with E-state index in [4.69, 9.17) is 28.4 Å². The Labute approximate surface area is 312 Å². The van der Waals surface area contributed by atoms with Crippen LogP contribution in [-0.4, -0.2) is 166 Å². The molecule has 0 saturated carbocycles. The predicted molar refractivity (Wildman–Crippen MR) is 194 cm³/mol. The zero-order chi connectivity index (χ0) is 39.7. The molecule has 0 aromatic heterocycles. The second-order valence-corrected chi connectivity index (χ2v) is 17.1. The van der Waals surface area contributed by atoms with Crippen LogP contribution in [0, 0.1) is 17.8 Å². The molecule has 306 valence electrons. The van der Waals surface area contributed by atoms with Crippen LogP contribution < -0.4 is 0 Å². The molecule has 0 aliphatic carbocycles. The minimum absolute atomic E-state index is 0.132. The first kappa shape index (κ1) is 45.4. The molecule has 5 N–H and O–H groups in total. The molecule has 3 saturated heterocycles. The van der Waals surface area contributed by atoms with Crippen LogP contribution in [0.2, 0.25) is 0 Å². The maximum atomic E-state index is 14.2. The van der Waals surface area contributed by atoms with Crippen LogP contribution in [0.5, 0.6) is 0 Å². The van der Waals surface area contributed by atoms with Crippen molar-refractivity contribution in [3.63, 3.8) is 0 Å². The summed E-state index contributed by atoms with van der Waals surface area (Å²) in [5.74, 6) is -2.88. The third kappa shape index (κ3) is 10.0. The largest absolute Gasteiger partial charge is 0.459 e. The van der Waals surface area contributed by atoms with Crippen molar-refractivity contribution in [1.82, 2.24) is 9.80 Å². The summed E-state index contributed by atoms with van der Waals surface area (Å²) in [4.78, 5) is 18.1. The van der Waals surface area contributed by atoms with Crippen molar-refractivity contribution in [3.05, 3.63) is 0 Å². The predicted octanol–water partition coefficient (Wildman–Crippen LogP) is 1.90. The summed E-state index contributed by atoms with van der Waals surface area (Å²) >= 11 is 0. The highest BCUT2D eigenvalue weighted by Gasteiger charge is 2.52. The SMILES string of the molecule is CCC1OC(=O)[C@H](C)[C@@H](O[C@H]2C[C@@](C)(OC)[C@@H](O)[C@H](C)O2)[C@H](C)[C@@H](O[C@@H]2O[C@H](C)C[C@H](N(C)C)[C@H]2O)[C@](C)(O)C[C@@H](C)N(C)C[C@H](C)[C@@H](O)[C@]1(C)O. The van der Waals surface area contributed by atoms with Crippen molar-refractivity contribution in [3.8, 4) is 0 Å². The minimum atomic E-state index is -1.78. The van der Waals surface area contributed by atoms with E-state index in [-0.39, 0.29) is 37.5 Å². The number of aliphatic hydroxyl groups is 5. The van der Waals surface area contributed by atoms with Crippen LogP contribution in [0.15, 0.2) is 0 Å². The fraction of sp³-hybridized carbons (Fsp3) is 0.974. The van der Waals surface area contributed by atoms with E-state index in [0.29, 0.717) is 13.0 Å². The van der Waals surface area contributed by atoms with E-state index in [9.17, 15) is 30.3 Å². The first-order valence-corrected chi connectivity index (χ1v) is 19.1. The maximum Gasteiger partial charge on any atom is 0.311 e. The fourth-order valence-corrected chi connectivity index (χ4v) is 8.64. The van der Waals surface area contributed by atoms with Gasteiger partial charge in [-0.25, -0.2) is 0 Å². The lowest BCUT2D eigenvalue weighted by Gasteiger charge is -2.49. The number of rotatable bonds is 7. The summed E-state index contributed by atoms with van der Waals surface area (Å²) in [5, 5.41) is 58.1. The average molecular weight is 749 g/mol. The van der Waals surface area contributed by atoms with Crippen molar-refractivity contribution < 1.29 is 58.7 Å². The van der Waals surface area contributed by atoms with Gasteiger partial charge in [0.25, 0.3) is 0 Å². The molecular weight excluding hydrogens is 676 g/mol. The zero-order valence-electron chi connectivity index (χ0n) is 34.2. The molecule has 3 aliphatic rings. The molecule has 3 fully saturated rings. The van der Waals surface area contributed by atoms with Gasteiger partial charge in [-0.1, -0.05) is 20.8 Å². The van der Waals surface area contributed by atoms with Crippen LogP contribution in [0.4, 0.5) is 0 Å². The smallest absolute Gasteiger partial charge is 0.311 e. The molecule has 3 heterocycles. The Kier molecular flexibility index (Phi) is 15.6. The van der Waals surface area contributed by atoms with Gasteiger partial charge in [-0.15, -0.1) is 0 Å². The molecule has 0 aromatic carbocycles. The van der Waals surface area contributed by atoms with E-state index in [1.165, 1.54) is 14.0 Å². The lowest BCUT2D eigenvalue weighted by atomic mass is 9.78. The van der Waals surface area contributed by atoms with Gasteiger partial charge < -0.3 is 63.8 Å². The number of carbonyl (C=O) groups excluding carboxylic acids is 1. The van der Waals surface area contributed by atoms with Gasteiger partial charge in [0.2, 0.25) is 0 Å². The molecule has 1 unspecified atom stereocenters. The number of nitrogens with zero attached hydrogens (tertiary/aromatic N) is 2. The van der Waals surface area contributed by atoms with Gasteiger partial charge in [-0.2, -0.15) is 0 Å². The van der Waals surface area contributed by atoms with Crippen molar-refractivity contribution in [2.24, 2.45) is 17.8 Å². The van der Waals surface area contributed by atoms with E-state index >= 15 is 0 Å². The summed E-state index contributed by atoms with van der Waals surface area (Å²) in [5.41, 5.74) is -4.38. The molecule has 0 spiro atoms. The third-order valence-electron chi connectivity index (χ3n) is 12.3. The standard InChI is InChI=1S/C38H72N2O12/c1-15-27-38(10,46)31(42)20(2)19-40(13)21(3)17-36(8,45)33(52-35-29(41)26(39(11)12)16-22(4)48-35)23(5)30(24(6)34(44)50-27)51-28-18-37(9,47-14)32(43)25(7)49-28/h20-33,35,41-43,45-46H,15-19H2,1-14H3/t20-,21+,22+,23-,24+,25-,26-,27?,28-,29+,30-,31+,32-,33+,35-,36+,37+,38+/m0/s1. The molecule has 0 radical (unpaired) electrons. The number of hydrogen-bond donors (Lipinski definition) is 5. The zero-order valence-corrected chi connectivity index (χ0v) is 34.2. The topological polar surface area (TPSA) is 180 Å². The molecular formula is C38H72N2O12.